The van der Waals surface area contributed by atoms with Crippen LogP contribution in [0.2, 0.25) is 5.02 Å². The highest BCUT2D eigenvalue weighted by atomic mass is 35.5. The summed E-state index contributed by atoms with van der Waals surface area (Å²) in [5.41, 5.74) is 1.19. The van der Waals surface area contributed by atoms with E-state index in [4.69, 9.17) is 21.1 Å². The van der Waals surface area contributed by atoms with Crippen molar-refractivity contribution in [3.05, 3.63) is 40.6 Å². The van der Waals surface area contributed by atoms with E-state index in [0.29, 0.717) is 16.4 Å². The highest BCUT2D eigenvalue weighted by Gasteiger charge is 2.34. The monoisotopic (exact) mass is 252 g/mol. The van der Waals surface area contributed by atoms with Crippen molar-refractivity contribution in [2.24, 2.45) is 0 Å². The van der Waals surface area contributed by atoms with Crippen LogP contribution in [0.3, 0.4) is 0 Å². The maximum absolute atomic E-state index is 11.9. The molecule has 1 aromatic rings. The molecule has 0 aliphatic carbocycles. The minimum absolute atomic E-state index is 0.374. The lowest BCUT2D eigenvalue weighted by atomic mass is 10.0. The predicted molar refractivity (Wildman–Crippen MR) is 65.3 cm³/mol. The van der Waals surface area contributed by atoms with Crippen LogP contribution in [0.5, 0.6) is 0 Å². The predicted octanol–water partition coefficient (Wildman–Crippen LogP) is 3.38. The highest BCUT2D eigenvalue weighted by Crippen LogP contribution is 2.32. The molecule has 0 bridgehead atoms. The lowest BCUT2D eigenvalue weighted by Crippen LogP contribution is -2.35. The molecule has 90 valence electrons. The van der Waals surface area contributed by atoms with Crippen LogP contribution in [0.25, 0.3) is 5.57 Å². The summed E-state index contributed by atoms with van der Waals surface area (Å²) in [6.07, 6.45) is 0. The third-order valence-electron chi connectivity index (χ3n) is 2.43. The largest absolute Gasteiger partial charge is 0.457 e. The first-order valence-corrected chi connectivity index (χ1v) is 5.66. The van der Waals surface area contributed by atoms with Crippen molar-refractivity contribution < 1.29 is 14.3 Å². The molecular weight excluding hydrogens is 240 g/mol. The van der Waals surface area contributed by atoms with E-state index in [9.17, 15) is 4.79 Å². The number of hydrogen-bond acceptors (Lipinski definition) is 3. The number of halogens is 1. The SMILES string of the molecule is CC1=C(c2ccc(Cl)cc2)C(=O)OC(C)(C)O1. The number of cyclic esters (lactones) is 1. The Morgan fingerprint density at radius 2 is 1.71 bits per heavy atom. The Bertz CT molecular complexity index is 486. The second-order valence-electron chi connectivity index (χ2n) is 4.33. The first-order chi connectivity index (χ1) is 7.89. The van der Waals surface area contributed by atoms with E-state index in [1.807, 2.05) is 0 Å². The van der Waals surface area contributed by atoms with Gasteiger partial charge in [-0.15, -0.1) is 0 Å². The summed E-state index contributed by atoms with van der Waals surface area (Å²) in [5, 5.41) is 0.623. The molecule has 0 saturated heterocycles. The Morgan fingerprint density at radius 3 is 2.24 bits per heavy atom. The Balaban J connectivity index is 2.44. The molecule has 0 amide bonds. The molecular formula is C13H13ClO3. The van der Waals surface area contributed by atoms with Gasteiger partial charge in [-0.05, 0) is 24.6 Å². The van der Waals surface area contributed by atoms with E-state index >= 15 is 0 Å². The minimum atomic E-state index is -0.906. The van der Waals surface area contributed by atoms with Gasteiger partial charge in [-0.25, -0.2) is 4.79 Å². The van der Waals surface area contributed by atoms with Crippen molar-refractivity contribution in [2.45, 2.75) is 26.6 Å². The van der Waals surface area contributed by atoms with Gasteiger partial charge in [-0.2, -0.15) is 0 Å². The summed E-state index contributed by atoms with van der Waals surface area (Å²) in [6.45, 7) is 5.16. The van der Waals surface area contributed by atoms with Gasteiger partial charge in [-0.3, -0.25) is 0 Å². The molecule has 0 saturated carbocycles. The normalized spacial score (nSPS) is 18.7. The molecule has 17 heavy (non-hydrogen) atoms. The number of benzene rings is 1. The Labute approximate surface area is 105 Å². The zero-order valence-corrected chi connectivity index (χ0v) is 10.7. The molecule has 1 aliphatic heterocycles. The summed E-state index contributed by atoms with van der Waals surface area (Å²) < 4.78 is 10.7. The second-order valence-corrected chi connectivity index (χ2v) is 4.77. The van der Waals surface area contributed by atoms with Gasteiger partial charge in [0.05, 0.1) is 0 Å². The lowest BCUT2D eigenvalue weighted by Gasteiger charge is -2.32. The number of carbonyl (C=O) groups is 1. The molecule has 0 N–H and O–H groups in total. The first kappa shape index (κ1) is 12.0. The zero-order chi connectivity index (χ0) is 12.6. The van der Waals surface area contributed by atoms with Gasteiger partial charge in [0, 0.05) is 18.9 Å². The number of ether oxygens (including phenoxy) is 2. The summed E-state index contributed by atoms with van der Waals surface area (Å²) in [5.74, 6) is -0.716. The molecule has 1 heterocycles. The van der Waals surface area contributed by atoms with Crippen LogP contribution in [0.4, 0.5) is 0 Å². The molecule has 1 aliphatic rings. The van der Waals surface area contributed by atoms with E-state index in [1.54, 1.807) is 45.0 Å². The fourth-order valence-electron chi connectivity index (χ4n) is 1.80. The Morgan fingerprint density at radius 1 is 1.12 bits per heavy atom. The quantitative estimate of drug-likeness (QED) is 0.719. The topological polar surface area (TPSA) is 35.5 Å². The van der Waals surface area contributed by atoms with Crippen molar-refractivity contribution >= 4 is 23.1 Å². The number of carbonyl (C=O) groups excluding carboxylic acids is 1. The van der Waals surface area contributed by atoms with E-state index in [-0.39, 0.29) is 5.97 Å². The van der Waals surface area contributed by atoms with Crippen molar-refractivity contribution in [2.75, 3.05) is 0 Å². The fourth-order valence-corrected chi connectivity index (χ4v) is 1.92. The van der Waals surface area contributed by atoms with Crippen LogP contribution < -0.4 is 0 Å². The standard InChI is InChI=1S/C13H13ClO3/c1-8-11(9-4-6-10(14)7-5-9)12(15)17-13(2,3)16-8/h4-7H,1-3H3. The fraction of sp³-hybridized carbons (Fsp3) is 0.308. The van der Waals surface area contributed by atoms with E-state index in [2.05, 4.69) is 0 Å². The van der Waals surface area contributed by atoms with Crippen molar-refractivity contribution in [3.8, 4) is 0 Å². The molecule has 0 atom stereocenters. The summed E-state index contributed by atoms with van der Waals surface area (Å²) in [7, 11) is 0. The van der Waals surface area contributed by atoms with Gasteiger partial charge in [0.2, 0.25) is 5.79 Å². The summed E-state index contributed by atoms with van der Waals surface area (Å²) in [6, 6.07) is 6.99. The van der Waals surface area contributed by atoms with Gasteiger partial charge in [0.15, 0.2) is 0 Å². The Hall–Kier alpha value is -1.48. The van der Waals surface area contributed by atoms with Crippen LogP contribution in [0.15, 0.2) is 30.0 Å². The minimum Gasteiger partial charge on any atom is -0.457 e. The average molecular weight is 253 g/mol. The van der Waals surface area contributed by atoms with E-state index in [0.717, 1.165) is 5.56 Å². The molecule has 0 unspecified atom stereocenters. The number of allylic oxidation sites excluding steroid dienone is 1. The first-order valence-electron chi connectivity index (χ1n) is 5.28. The molecule has 2 rings (SSSR count). The van der Waals surface area contributed by atoms with Crippen LogP contribution in [-0.4, -0.2) is 11.8 Å². The lowest BCUT2D eigenvalue weighted by molar-refractivity contribution is -0.202. The Kier molecular flexibility index (Phi) is 2.87. The molecule has 4 heteroatoms. The van der Waals surface area contributed by atoms with Gasteiger partial charge < -0.3 is 9.47 Å². The van der Waals surface area contributed by atoms with E-state index in [1.165, 1.54) is 0 Å². The molecule has 0 spiro atoms. The summed E-state index contributed by atoms with van der Waals surface area (Å²) >= 11 is 5.81. The van der Waals surface area contributed by atoms with Gasteiger partial charge >= 0.3 is 5.97 Å². The number of rotatable bonds is 1. The van der Waals surface area contributed by atoms with Gasteiger partial charge in [-0.1, -0.05) is 23.7 Å². The maximum atomic E-state index is 11.9. The molecule has 1 aromatic carbocycles. The van der Waals surface area contributed by atoms with Crippen molar-refractivity contribution in [3.63, 3.8) is 0 Å². The van der Waals surface area contributed by atoms with E-state index < -0.39 is 5.79 Å². The third-order valence-corrected chi connectivity index (χ3v) is 2.68. The van der Waals surface area contributed by atoms with Crippen LogP contribution >= 0.6 is 11.6 Å². The number of esters is 1. The van der Waals surface area contributed by atoms with Crippen molar-refractivity contribution in [1.82, 2.24) is 0 Å². The zero-order valence-electron chi connectivity index (χ0n) is 9.91. The molecule has 0 fully saturated rings. The molecule has 0 radical (unpaired) electrons. The summed E-state index contributed by atoms with van der Waals surface area (Å²) in [4.78, 5) is 11.9. The van der Waals surface area contributed by atoms with Crippen molar-refractivity contribution in [1.29, 1.82) is 0 Å². The van der Waals surface area contributed by atoms with Crippen LogP contribution in [0, 0.1) is 0 Å². The number of hydrogen-bond donors (Lipinski definition) is 0. The smallest absolute Gasteiger partial charge is 0.345 e. The second kappa shape index (κ2) is 4.08. The third kappa shape index (κ3) is 2.44. The van der Waals surface area contributed by atoms with Gasteiger partial charge in [0.1, 0.15) is 11.3 Å². The molecule has 3 nitrogen and oxygen atoms in total. The van der Waals surface area contributed by atoms with Gasteiger partial charge in [0.25, 0.3) is 0 Å². The van der Waals surface area contributed by atoms with Crippen LogP contribution in [0.1, 0.15) is 26.3 Å². The highest BCUT2D eigenvalue weighted by molar-refractivity contribution is 6.30. The van der Waals surface area contributed by atoms with Crippen LogP contribution in [-0.2, 0) is 14.3 Å². The molecule has 0 aromatic heterocycles. The maximum Gasteiger partial charge on any atom is 0.345 e. The average Bonchev–Trinajstić information content (AvgIpc) is 2.18.